The highest BCUT2D eigenvalue weighted by Gasteiger charge is 2.14. The zero-order chi connectivity index (χ0) is 14.1. The van der Waals surface area contributed by atoms with Gasteiger partial charge in [-0.05, 0) is 24.1 Å². The van der Waals surface area contributed by atoms with Crippen molar-refractivity contribution in [1.82, 2.24) is 0 Å². The Morgan fingerprint density at radius 3 is 2.35 bits per heavy atom. The molecule has 0 aliphatic heterocycles. The van der Waals surface area contributed by atoms with E-state index in [2.05, 4.69) is 65.3 Å². The molecule has 0 unspecified atom stereocenters. The van der Waals surface area contributed by atoms with Gasteiger partial charge >= 0.3 is 0 Å². The van der Waals surface area contributed by atoms with Gasteiger partial charge in [-0.15, -0.1) is 0 Å². The molecule has 0 N–H and O–H groups in total. The molecular weight excluding hydrogens is 368 g/mol. The summed E-state index contributed by atoms with van der Waals surface area (Å²) in [6, 6.07) is 16.9. The number of halogens is 1. The third-order valence-electron chi connectivity index (χ3n) is 3.09. The van der Waals surface area contributed by atoms with E-state index < -0.39 is 0 Å². The molecule has 1 heterocycles. The van der Waals surface area contributed by atoms with Gasteiger partial charge in [-0.1, -0.05) is 96.9 Å². The van der Waals surface area contributed by atoms with Crippen molar-refractivity contribution in [3.05, 3.63) is 62.4 Å². The van der Waals surface area contributed by atoms with E-state index in [9.17, 15) is 0 Å². The van der Waals surface area contributed by atoms with Crippen molar-refractivity contribution in [2.45, 2.75) is 6.92 Å². The Balaban J connectivity index is 2.23. The fourth-order valence-corrected chi connectivity index (χ4v) is 5.43. The highest BCUT2D eigenvalue weighted by Crippen LogP contribution is 2.43. The van der Waals surface area contributed by atoms with E-state index in [1.165, 1.54) is 27.1 Å². The molecule has 100 valence electrons. The van der Waals surface area contributed by atoms with Gasteiger partial charge in [-0.3, -0.25) is 0 Å². The van der Waals surface area contributed by atoms with E-state index in [0.717, 1.165) is 8.30 Å². The second kappa shape index (κ2) is 5.90. The van der Waals surface area contributed by atoms with Gasteiger partial charge in [0.15, 0.2) is 0 Å². The molecule has 0 saturated heterocycles. The van der Waals surface area contributed by atoms with Crippen molar-refractivity contribution < 1.29 is 0 Å². The monoisotopic (exact) mass is 378 g/mol. The Morgan fingerprint density at radius 2 is 1.65 bits per heavy atom. The molecule has 0 atom stereocenters. The predicted molar refractivity (Wildman–Crippen MR) is 96.3 cm³/mol. The Kier molecular flexibility index (Phi) is 4.17. The van der Waals surface area contributed by atoms with Crippen LogP contribution < -0.4 is 0 Å². The summed E-state index contributed by atoms with van der Waals surface area (Å²) >= 11 is 9.18. The highest BCUT2D eigenvalue weighted by molar-refractivity contribution is 9.10. The lowest BCUT2D eigenvalue weighted by atomic mass is 10.0. The normalized spacial score (nSPS) is 10.7. The van der Waals surface area contributed by atoms with Crippen LogP contribution in [0.25, 0.3) is 21.6 Å². The zero-order valence-corrected chi connectivity index (χ0v) is 14.8. The van der Waals surface area contributed by atoms with Gasteiger partial charge in [-0.25, -0.2) is 0 Å². The largest absolute Gasteiger partial charge is 0.110 e. The molecule has 4 heteroatoms. The predicted octanol–water partition coefficient (Wildman–Crippen LogP) is 6.94. The third-order valence-corrected chi connectivity index (χ3v) is 6.85. The smallest absolute Gasteiger partial charge is 0.0779 e. The van der Waals surface area contributed by atoms with Crippen LogP contribution in [0.15, 0.2) is 53.0 Å². The van der Waals surface area contributed by atoms with Crippen molar-refractivity contribution in [3.8, 4) is 21.6 Å². The number of hydrogen-bond acceptors (Lipinski definition) is 3. The molecule has 0 aliphatic rings. The van der Waals surface area contributed by atoms with Crippen LogP contribution in [0.3, 0.4) is 0 Å². The summed E-state index contributed by atoms with van der Waals surface area (Å²) in [7, 11) is 3.42. The Labute approximate surface area is 139 Å². The van der Waals surface area contributed by atoms with Gasteiger partial charge in [0.05, 0.1) is 4.88 Å². The van der Waals surface area contributed by atoms with Crippen LogP contribution in [-0.2, 0) is 0 Å². The van der Waals surface area contributed by atoms with Gasteiger partial charge < -0.3 is 0 Å². The summed E-state index contributed by atoms with van der Waals surface area (Å²) in [5.74, 6) is 0. The third kappa shape index (κ3) is 2.66. The molecule has 2 aromatic carbocycles. The van der Waals surface area contributed by atoms with Gasteiger partial charge in [0.2, 0.25) is 0 Å². The van der Waals surface area contributed by atoms with E-state index in [-0.39, 0.29) is 0 Å². The first-order valence-electron chi connectivity index (χ1n) is 6.12. The maximum atomic E-state index is 5.55. The lowest BCUT2D eigenvalue weighted by Gasteiger charge is -2.06. The lowest BCUT2D eigenvalue weighted by Crippen LogP contribution is -1.82. The summed E-state index contributed by atoms with van der Waals surface area (Å²) < 4.78 is 2.04. The molecule has 0 fully saturated rings. The number of hydrogen-bond donors (Lipinski definition) is 0. The standard InChI is InChI=1S/C16H11BrS3/c1-10-6-8-11(9-7-10)15-14(16(18)20-19-15)12-4-2-3-5-13(12)17/h2-9H,1H3. The summed E-state index contributed by atoms with van der Waals surface area (Å²) in [4.78, 5) is 1.26. The molecule has 1 aromatic heterocycles. The van der Waals surface area contributed by atoms with Crippen LogP contribution in [-0.4, -0.2) is 0 Å². The molecule has 0 bridgehead atoms. The zero-order valence-electron chi connectivity index (χ0n) is 10.7. The second-order valence-electron chi connectivity index (χ2n) is 4.50. The summed E-state index contributed by atoms with van der Waals surface area (Å²) in [5, 5.41) is 0. The van der Waals surface area contributed by atoms with Crippen molar-refractivity contribution in [1.29, 1.82) is 0 Å². The highest BCUT2D eigenvalue weighted by atomic mass is 79.9. The lowest BCUT2D eigenvalue weighted by molar-refractivity contribution is 1.48. The van der Waals surface area contributed by atoms with E-state index in [1.807, 2.05) is 6.07 Å². The molecule has 3 aromatic rings. The molecule has 20 heavy (non-hydrogen) atoms. The van der Waals surface area contributed by atoms with E-state index in [4.69, 9.17) is 12.2 Å². The minimum absolute atomic E-state index is 0.956. The minimum atomic E-state index is 0.956. The molecule has 0 aliphatic carbocycles. The van der Waals surface area contributed by atoms with Crippen LogP contribution in [0, 0.1) is 10.7 Å². The average molecular weight is 379 g/mol. The molecule has 0 saturated carbocycles. The molecule has 0 nitrogen and oxygen atoms in total. The number of rotatable bonds is 2. The topological polar surface area (TPSA) is 0 Å². The molecule has 0 spiro atoms. The second-order valence-corrected chi connectivity index (χ2v) is 8.17. The van der Waals surface area contributed by atoms with Crippen LogP contribution in [0.2, 0.25) is 0 Å². The molecule has 0 radical (unpaired) electrons. The van der Waals surface area contributed by atoms with Gasteiger partial charge in [0.1, 0.15) is 3.82 Å². The summed E-state index contributed by atoms with van der Waals surface area (Å²) in [5.41, 5.74) is 4.85. The van der Waals surface area contributed by atoms with Gasteiger partial charge in [0.25, 0.3) is 0 Å². The Bertz CT molecular complexity index is 797. The quantitative estimate of drug-likeness (QED) is 0.343. The first-order chi connectivity index (χ1) is 9.66. The fraction of sp³-hybridized carbons (Fsp3) is 0.0625. The van der Waals surface area contributed by atoms with Crippen LogP contribution in [0.5, 0.6) is 0 Å². The van der Waals surface area contributed by atoms with Crippen molar-refractivity contribution >= 4 is 48.8 Å². The Morgan fingerprint density at radius 1 is 0.950 bits per heavy atom. The number of aryl methyl sites for hydroxylation is 1. The van der Waals surface area contributed by atoms with Gasteiger partial charge in [0, 0.05) is 10.0 Å². The van der Waals surface area contributed by atoms with E-state index in [0.29, 0.717) is 0 Å². The summed E-state index contributed by atoms with van der Waals surface area (Å²) in [6.45, 7) is 2.11. The van der Waals surface area contributed by atoms with E-state index >= 15 is 0 Å². The van der Waals surface area contributed by atoms with Gasteiger partial charge in [-0.2, -0.15) is 0 Å². The van der Waals surface area contributed by atoms with Crippen LogP contribution >= 0.6 is 48.8 Å². The SMILES string of the molecule is Cc1ccc(-c2ssc(=S)c2-c2ccccc2Br)cc1. The first kappa shape index (κ1) is 14.1. The summed E-state index contributed by atoms with van der Waals surface area (Å²) in [6.07, 6.45) is 0. The van der Waals surface area contributed by atoms with E-state index in [1.54, 1.807) is 20.7 Å². The maximum Gasteiger partial charge on any atom is 0.110 e. The number of benzene rings is 2. The van der Waals surface area contributed by atoms with Crippen molar-refractivity contribution in [2.75, 3.05) is 0 Å². The maximum absolute atomic E-state index is 5.55. The van der Waals surface area contributed by atoms with Crippen LogP contribution in [0.4, 0.5) is 0 Å². The van der Waals surface area contributed by atoms with Crippen LogP contribution in [0.1, 0.15) is 5.56 Å². The molecule has 3 rings (SSSR count). The first-order valence-corrected chi connectivity index (χ1v) is 9.47. The Hall–Kier alpha value is -0.810. The average Bonchev–Trinajstić information content (AvgIpc) is 2.82. The van der Waals surface area contributed by atoms with Crippen molar-refractivity contribution in [2.24, 2.45) is 0 Å². The fourth-order valence-electron chi connectivity index (χ4n) is 2.05. The van der Waals surface area contributed by atoms with Crippen molar-refractivity contribution in [3.63, 3.8) is 0 Å². The molecular formula is C16H11BrS3. The molecule has 0 amide bonds. The minimum Gasteiger partial charge on any atom is -0.0779 e.